The van der Waals surface area contributed by atoms with Crippen LogP contribution in [0.25, 0.3) is 76.8 Å². The standard InChI is InChI=1S/C32H33N5O3.C26H27N3O.C26H30N2O.C12H14IN.C6H6IN/c1-6-36(7-2)25-15-16-26-22(17-25)9-8-10-30(26)40-31-19-28-27(21(3)20-32(4,5)33-28)18-29(31)35-34-23-11-13-24(14-12-23)37(38)39;1-6-29(7-2)18-9-10-19-17(12-18)8-11-21-25(19)30-24-14-22-20(13-23(24)27-21)16(3)15-26(4,5)28-22;1-6-28(7-2)20-11-13-23-19(15-20)9-8-10-25(23)29-21-12-14-22-18(3)17-26(4,5)27-24(22)16-21;1-8-7-12(2,3)14-11-6-9(13)4-5-10(8)11;7-5-2-1-3-6(8)4-5/h8-20,33H,6-7H2,1-5H3;8-15H,6-7H2,1-5H3;8-17,27H,6-7H2,1-5H3;4-7,14H,1-3H3;1-4H,8H2/p+1. The molecule has 0 aliphatic carbocycles. The topological polar surface area (TPSA) is 196 Å². The van der Waals surface area contributed by atoms with Gasteiger partial charge in [-0.05, 0) is 336 Å². The maximum absolute atomic E-state index is 11.0. The Morgan fingerprint density at radius 2 is 0.942 bits per heavy atom. The second kappa shape index (κ2) is 36.8. The molecule has 4 aliphatic rings. The molecule has 12 aromatic carbocycles. The number of rotatable bonds is 15. The van der Waals surface area contributed by atoms with Gasteiger partial charge in [0.15, 0.2) is 16.9 Å². The number of allylic oxidation sites excluding steroid dienone is 4. The van der Waals surface area contributed by atoms with Gasteiger partial charge in [-0.25, -0.2) is 9.56 Å². The smallest absolute Gasteiger partial charge is 0.269 e. The Bertz CT molecular complexity index is 6320. The molecule has 17 rings (SSSR count). The van der Waals surface area contributed by atoms with Gasteiger partial charge in [0.25, 0.3) is 5.69 Å². The lowest BCUT2D eigenvalue weighted by atomic mass is 9.91. The first-order valence-corrected chi connectivity index (χ1v) is 43.9. The number of nitrogens with one attached hydrogen (secondary N) is 4. The SMILES string of the molecule is CC1=CC(C)(C)Nc2cc(I)ccc21.CCN(CC)c1ccc2c(Oc3cc4c(cc3N=Nc3ccc([N+](=O)[O-])cc3)C(C)=CC(C)(C)N4)cccc2c1.CCN(CC)c1ccc2c(Oc3ccc4c(c3)NC(C)(C)C=C4C)cccc2c1.CC[N+](CC)=c1ccc2c(ccc3nc4cc5c(cc4oc32)NC(C)(C)C=C5C)c1.Nc1cccc(I)c1. The first-order chi connectivity index (χ1) is 57.7. The van der Waals surface area contributed by atoms with E-state index in [0.29, 0.717) is 17.1 Å². The second-order valence-electron chi connectivity index (χ2n) is 33.4. The van der Waals surface area contributed by atoms with Crippen LogP contribution >= 0.6 is 45.2 Å². The number of nitrogens with two attached hydrogens (primary N) is 1. The Hall–Kier alpha value is -11.6. The van der Waals surface area contributed by atoms with Crippen molar-refractivity contribution in [2.75, 3.05) is 76.1 Å². The normalized spacial score (nSPS) is 14.6. The van der Waals surface area contributed by atoms with E-state index in [2.05, 4.69) is 373 Å². The van der Waals surface area contributed by atoms with Crippen LogP contribution in [0.4, 0.5) is 56.9 Å². The first-order valence-electron chi connectivity index (χ1n) is 41.7. The molecule has 0 saturated carbocycles. The molecule has 0 amide bonds. The Kier molecular flexibility index (Phi) is 26.5. The van der Waals surface area contributed by atoms with Gasteiger partial charge in [0.2, 0.25) is 5.36 Å². The second-order valence-corrected chi connectivity index (χ2v) is 35.9. The third kappa shape index (κ3) is 20.7. The summed E-state index contributed by atoms with van der Waals surface area (Å²) < 4.78 is 24.2. The highest BCUT2D eigenvalue weighted by atomic mass is 127. The van der Waals surface area contributed by atoms with Gasteiger partial charge in [-0.15, -0.1) is 5.11 Å². The lowest BCUT2D eigenvalue weighted by molar-refractivity contribution is -0.384. The maximum atomic E-state index is 11.0. The summed E-state index contributed by atoms with van der Waals surface area (Å²) in [4.78, 5) is 20.2. The van der Waals surface area contributed by atoms with Crippen molar-refractivity contribution in [3.8, 4) is 23.0 Å². The third-order valence-corrected chi connectivity index (χ3v) is 23.4. The molecule has 0 fully saturated rings. The number of halogens is 2. The van der Waals surface area contributed by atoms with Crippen molar-refractivity contribution in [3.05, 3.63) is 281 Å². The highest BCUT2D eigenvalue weighted by Gasteiger charge is 2.29. The zero-order chi connectivity index (χ0) is 86.4. The fraction of sp³-hybridized carbons (Fsp3) is 0.275. The summed E-state index contributed by atoms with van der Waals surface area (Å²) in [7, 11) is 0. The predicted octanol–water partition coefficient (Wildman–Crippen LogP) is 27.8. The van der Waals surface area contributed by atoms with Crippen LogP contribution in [0.2, 0.25) is 0 Å². The number of benzene rings is 12. The molecular formula is C102H111I2N12O5+. The molecule has 13 aromatic rings. The minimum absolute atomic E-state index is 0.00584. The molecule has 0 radical (unpaired) electrons. The van der Waals surface area contributed by atoms with Crippen LogP contribution in [0.1, 0.15) is 147 Å². The Morgan fingerprint density at radius 1 is 0.455 bits per heavy atom. The molecule has 121 heavy (non-hydrogen) atoms. The molecule has 0 bridgehead atoms. The van der Waals surface area contributed by atoms with E-state index in [4.69, 9.17) is 24.6 Å². The number of nitro groups is 1. The zero-order valence-corrected chi connectivity index (χ0v) is 77.1. The molecule has 19 heteroatoms. The van der Waals surface area contributed by atoms with Crippen LogP contribution < -0.4 is 56.2 Å². The molecular weight excluding hydrogens is 1730 g/mol. The quantitative estimate of drug-likeness (QED) is 0.00951. The minimum Gasteiger partial charge on any atom is -0.457 e. The molecule has 0 saturated heterocycles. The van der Waals surface area contributed by atoms with Crippen LogP contribution in [0.3, 0.4) is 0 Å². The number of aromatic nitrogens is 1. The van der Waals surface area contributed by atoms with Crippen molar-refractivity contribution in [2.24, 2.45) is 10.2 Å². The monoisotopic (exact) mass is 1840 g/mol. The Balaban J connectivity index is 0.000000140. The maximum Gasteiger partial charge on any atom is 0.269 e. The average Bonchev–Trinajstić information content (AvgIpc) is 0.749. The molecule has 0 unspecified atom stereocenters. The van der Waals surface area contributed by atoms with Crippen molar-refractivity contribution in [1.82, 2.24) is 9.56 Å². The van der Waals surface area contributed by atoms with Gasteiger partial charge >= 0.3 is 0 Å². The van der Waals surface area contributed by atoms with E-state index in [1.807, 2.05) is 54.6 Å². The van der Waals surface area contributed by atoms with E-state index in [-0.39, 0.29) is 27.8 Å². The number of fused-ring (bicyclic) bond motifs is 10. The van der Waals surface area contributed by atoms with E-state index < -0.39 is 4.92 Å². The Morgan fingerprint density at radius 3 is 1.47 bits per heavy atom. The molecule has 0 atom stereocenters. The van der Waals surface area contributed by atoms with Crippen molar-refractivity contribution < 1.29 is 18.8 Å². The van der Waals surface area contributed by atoms with Crippen molar-refractivity contribution >= 4 is 179 Å². The van der Waals surface area contributed by atoms with Gasteiger partial charge in [0.05, 0.1) is 32.8 Å². The van der Waals surface area contributed by atoms with Crippen LogP contribution in [0, 0.1) is 17.3 Å². The molecule has 4 aliphatic heterocycles. The lowest BCUT2D eigenvalue weighted by Crippen LogP contribution is -2.31. The van der Waals surface area contributed by atoms with Crippen LogP contribution in [0.5, 0.6) is 23.0 Å². The lowest BCUT2D eigenvalue weighted by Gasteiger charge is -2.32. The number of nitrogens with zero attached hydrogens (tertiary/aromatic N) is 7. The van der Waals surface area contributed by atoms with Crippen LogP contribution in [-0.2, 0) is 0 Å². The summed E-state index contributed by atoms with van der Waals surface area (Å²) in [6.07, 6.45) is 9.00. The molecule has 5 heterocycles. The summed E-state index contributed by atoms with van der Waals surface area (Å²) >= 11 is 4.57. The number of non-ortho nitro benzene ring substituents is 1. The largest absolute Gasteiger partial charge is 0.457 e. The van der Waals surface area contributed by atoms with E-state index >= 15 is 0 Å². The fourth-order valence-corrected chi connectivity index (χ4v) is 17.6. The number of azo groups is 1. The predicted molar refractivity (Wildman–Crippen MR) is 529 cm³/mol. The van der Waals surface area contributed by atoms with E-state index in [9.17, 15) is 10.1 Å². The third-order valence-electron chi connectivity index (χ3n) is 22.1. The summed E-state index contributed by atoms with van der Waals surface area (Å²) in [6, 6.07) is 70.9. The number of anilines is 7. The molecule has 1 aromatic heterocycles. The number of hydrogen-bond acceptors (Lipinski definition) is 15. The van der Waals surface area contributed by atoms with E-state index in [1.165, 1.54) is 85.9 Å². The number of nitro benzene ring substituents is 1. The highest BCUT2D eigenvalue weighted by Crippen LogP contribution is 2.47. The molecule has 622 valence electrons. The van der Waals surface area contributed by atoms with Crippen molar-refractivity contribution in [3.63, 3.8) is 0 Å². The van der Waals surface area contributed by atoms with Gasteiger partial charge in [-0.1, -0.05) is 66.8 Å². The van der Waals surface area contributed by atoms with Crippen molar-refractivity contribution in [2.45, 2.75) is 147 Å². The van der Waals surface area contributed by atoms with Crippen molar-refractivity contribution in [1.29, 1.82) is 0 Å². The summed E-state index contributed by atoms with van der Waals surface area (Å²) in [5.74, 6) is 3.01. The van der Waals surface area contributed by atoms with Crippen LogP contribution in [0.15, 0.2) is 251 Å². The van der Waals surface area contributed by atoms with E-state index in [0.717, 1.165) is 134 Å². The minimum atomic E-state index is -0.435. The summed E-state index contributed by atoms with van der Waals surface area (Å²) in [6.45, 7) is 44.9. The van der Waals surface area contributed by atoms with Gasteiger partial charge in [0, 0.05) is 154 Å². The van der Waals surface area contributed by atoms with E-state index in [1.54, 1.807) is 12.1 Å². The zero-order valence-electron chi connectivity index (χ0n) is 72.8. The molecule has 17 nitrogen and oxygen atoms in total. The first kappa shape index (κ1) is 87.3. The van der Waals surface area contributed by atoms with Gasteiger partial charge in [-0.3, -0.25) is 10.1 Å². The Labute approximate surface area is 739 Å². The van der Waals surface area contributed by atoms with Gasteiger partial charge in [0.1, 0.15) is 47.1 Å². The van der Waals surface area contributed by atoms with Gasteiger partial charge < -0.3 is 50.7 Å². The van der Waals surface area contributed by atoms with Crippen LogP contribution in [-0.4, -0.2) is 71.3 Å². The molecule has 0 spiro atoms. The number of hydrogen-bond donors (Lipinski definition) is 5. The number of ether oxygens (including phenoxy) is 2. The summed E-state index contributed by atoms with van der Waals surface area (Å²) in [5.41, 5.74) is 27.2. The molecule has 6 N–H and O–H groups in total. The average molecular weight is 1840 g/mol. The van der Waals surface area contributed by atoms with Gasteiger partial charge in [-0.2, -0.15) is 5.11 Å². The highest BCUT2D eigenvalue weighted by molar-refractivity contribution is 14.1. The fourth-order valence-electron chi connectivity index (χ4n) is 16.6. The number of nitrogen functional groups attached to an aromatic ring is 1. The summed E-state index contributed by atoms with van der Waals surface area (Å²) in [5, 5.41) is 42.2.